The molecule has 108 valence electrons. The maximum absolute atomic E-state index is 12.1. The maximum atomic E-state index is 12.1. The molecule has 5 nitrogen and oxygen atoms in total. The molecule has 1 spiro atoms. The quantitative estimate of drug-likeness (QED) is 0.847. The summed E-state index contributed by atoms with van der Waals surface area (Å²) >= 11 is 1.97. The van der Waals surface area contributed by atoms with Gasteiger partial charge in [0.15, 0.2) is 0 Å². The molecule has 3 heterocycles. The van der Waals surface area contributed by atoms with E-state index in [2.05, 4.69) is 5.16 Å². The van der Waals surface area contributed by atoms with Crippen LogP contribution < -0.4 is 0 Å². The van der Waals surface area contributed by atoms with Crippen LogP contribution in [0, 0.1) is 5.92 Å². The zero-order valence-corrected chi connectivity index (χ0v) is 12.1. The minimum Gasteiger partial charge on any atom is -0.377 e. The van der Waals surface area contributed by atoms with Crippen molar-refractivity contribution in [1.82, 2.24) is 10.1 Å². The summed E-state index contributed by atoms with van der Waals surface area (Å²) in [5, 5.41) is 3.58. The first kappa shape index (κ1) is 12.7. The molecule has 20 heavy (non-hydrogen) atoms. The van der Waals surface area contributed by atoms with Gasteiger partial charge in [0.1, 0.15) is 6.26 Å². The Labute approximate surface area is 122 Å². The van der Waals surface area contributed by atoms with Crippen LogP contribution in [0.1, 0.15) is 29.6 Å². The molecule has 1 amide bonds. The van der Waals surface area contributed by atoms with E-state index >= 15 is 0 Å². The van der Waals surface area contributed by atoms with Crippen LogP contribution in [-0.2, 0) is 4.74 Å². The average Bonchev–Trinajstić information content (AvgIpc) is 2.93. The fourth-order valence-corrected chi connectivity index (χ4v) is 4.52. The SMILES string of the molecule is O=C(c1cnoc1)N1CC2(CC(OCC3CC3)CS2)C1. The van der Waals surface area contributed by atoms with Gasteiger partial charge in [0.25, 0.3) is 5.91 Å². The zero-order chi connectivity index (χ0) is 13.6. The van der Waals surface area contributed by atoms with E-state index in [-0.39, 0.29) is 10.7 Å². The lowest BCUT2D eigenvalue weighted by atomic mass is 9.92. The molecule has 4 rings (SSSR count). The van der Waals surface area contributed by atoms with Crippen LogP contribution in [0.2, 0.25) is 0 Å². The first-order chi connectivity index (χ1) is 9.74. The second kappa shape index (κ2) is 4.77. The molecule has 3 fully saturated rings. The number of aromatic nitrogens is 1. The molecule has 0 radical (unpaired) electrons. The minimum atomic E-state index is 0.0276. The number of amides is 1. The number of ether oxygens (including phenoxy) is 1. The monoisotopic (exact) mass is 294 g/mol. The van der Waals surface area contributed by atoms with E-state index in [1.165, 1.54) is 25.3 Å². The van der Waals surface area contributed by atoms with Gasteiger partial charge in [-0.2, -0.15) is 0 Å². The Hall–Kier alpha value is -1.01. The summed E-state index contributed by atoms with van der Waals surface area (Å²) in [6, 6.07) is 0. The van der Waals surface area contributed by atoms with Gasteiger partial charge in [0.05, 0.1) is 22.6 Å². The second-order valence-electron chi connectivity index (χ2n) is 6.17. The first-order valence-electron chi connectivity index (χ1n) is 7.18. The Morgan fingerprint density at radius 3 is 3.10 bits per heavy atom. The van der Waals surface area contributed by atoms with E-state index in [0.717, 1.165) is 37.8 Å². The predicted molar refractivity (Wildman–Crippen MR) is 74.7 cm³/mol. The van der Waals surface area contributed by atoms with Crippen LogP contribution in [0.15, 0.2) is 17.0 Å². The normalized spacial score (nSPS) is 27.8. The summed E-state index contributed by atoms with van der Waals surface area (Å²) in [7, 11) is 0. The molecular weight excluding hydrogens is 276 g/mol. The fraction of sp³-hybridized carbons (Fsp3) is 0.714. The Morgan fingerprint density at radius 1 is 1.55 bits per heavy atom. The topological polar surface area (TPSA) is 55.6 Å². The highest BCUT2D eigenvalue weighted by molar-refractivity contribution is 8.01. The molecule has 0 N–H and O–H groups in total. The highest BCUT2D eigenvalue weighted by Crippen LogP contribution is 2.46. The summed E-state index contributed by atoms with van der Waals surface area (Å²) in [4.78, 5) is 14.0. The van der Waals surface area contributed by atoms with E-state index in [9.17, 15) is 4.79 Å². The molecule has 1 atom stereocenters. The minimum absolute atomic E-state index is 0.0276. The second-order valence-corrected chi connectivity index (χ2v) is 7.66. The molecule has 1 unspecified atom stereocenters. The van der Waals surface area contributed by atoms with Crippen molar-refractivity contribution in [3.05, 3.63) is 18.0 Å². The highest BCUT2D eigenvalue weighted by Gasteiger charge is 2.51. The lowest BCUT2D eigenvalue weighted by molar-refractivity contribution is 0.0286. The maximum Gasteiger partial charge on any atom is 0.258 e. The third-order valence-electron chi connectivity index (χ3n) is 4.36. The molecule has 1 aromatic rings. The van der Waals surface area contributed by atoms with E-state index in [4.69, 9.17) is 9.26 Å². The van der Waals surface area contributed by atoms with Crippen molar-refractivity contribution >= 4 is 17.7 Å². The van der Waals surface area contributed by atoms with Crippen LogP contribution in [0.3, 0.4) is 0 Å². The first-order valence-corrected chi connectivity index (χ1v) is 8.17. The third kappa shape index (κ3) is 2.35. The Morgan fingerprint density at radius 2 is 2.40 bits per heavy atom. The van der Waals surface area contributed by atoms with Gasteiger partial charge in [-0.05, 0) is 25.2 Å². The van der Waals surface area contributed by atoms with Gasteiger partial charge in [-0.15, -0.1) is 11.8 Å². The molecule has 3 aliphatic rings. The Kier molecular flexibility index (Phi) is 3.03. The van der Waals surface area contributed by atoms with Gasteiger partial charge in [-0.1, -0.05) is 5.16 Å². The molecule has 0 bridgehead atoms. The standard InChI is InChI=1S/C14H18N2O3S/c17-13(11-4-15-19-6-11)16-8-14(9-16)3-12(7-20-14)18-5-10-1-2-10/h4,6,10,12H,1-3,5,7-9H2. The molecule has 1 aromatic heterocycles. The van der Waals surface area contributed by atoms with Gasteiger partial charge in [-0.25, -0.2) is 0 Å². The highest BCUT2D eigenvalue weighted by atomic mass is 32.2. The number of rotatable bonds is 4. The van der Waals surface area contributed by atoms with Crippen LogP contribution in [0.5, 0.6) is 0 Å². The summed E-state index contributed by atoms with van der Waals surface area (Å²) in [6.45, 7) is 2.58. The number of likely N-dealkylation sites (tertiary alicyclic amines) is 1. The fourth-order valence-electron chi connectivity index (χ4n) is 2.97. The lowest BCUT2D eigenvalue weighted by Crippen LogP contribution is -2.60. The zero-order valence-electron chi connectivity index (χ0n) is 11.3. The van der Waals surface area contributed by atoms with Crippen molar-refractivity contribution in [2.45, 2.75) is 30.1 Å². The molecule has 1 saturated carbocycles. The Balaban J connectivity index is 1.28. The van der Waals surface area contributed by atoms with Crippen LogP contribution >= 0.6 is 11.8 Å². The lowest BCUT2D eigenvalue weighted by Gasteiger charge is -2.47. The smallest absolute Gasteiger partial charge is 0.258 e. The van der Waals surface area contributed by atoms with Gasteiger partial charge in [0, 0.05) is 25.4 Å². The summed E-state index contributed by atoms with van der Waals surface area (Å²) in [5.41, 5.74) is 0.546. The Bertz CT molecular complexity index is 495. The van der Waals surface area contributed by atoms with Crippen LogP contribution in [0.4, 0.5) is 0 Å². The van der Waals surface area contributed by atoms with Crippen molar-refractivity contribution in [2.75, 3.05) is 25.4 Å². The van der Waals surface area contributed by atoms with Gasteiger partial charge in [0.2, 0.25) is 0 Å². The van der Waals surface area contributed by atoms with Gasteiger partial charge < -0.3 is 14.2 Å². The number of carbonyl (C=O) groups is 1. The largest absolute Gasteiger partial charge is 0.377 e. The number of nitrogens with zero attached hydrogens (tertiary/aromatic N) is 2. The van der Waals surface area contributed by atoms with E-state index in [1.54, 1.807) is 0 Å². The summed E-state index contributed by atoms with van der Waals surface area (Å²) in [5.74, 6) is 1.92. The predicted octanol–water partition coefficient (Wildman–Crippen LogP) is 1.80. The molecule has 6 heteroatoms. The summed E-state index contributed by atoms with van der Waals surface area (Å²) < 4.78 is 10.9. The van der Waals surface area contributed by atoms with Crippen LogP contribution in [0.25, 0.3) is 0 Å². The van der Waals surface area contributed by atoms with Crippen molar-refractivity contribution in [2.24, 2.45) is 5.92 Å². The molecule has 1 aliphatic carbocycles. The number of carbonyl (C=O) groups excluding carboxylic acids is 1. The molecular formula is C14H18N2O3S. The van der Waals surface area contributed by atoms with E-state index in [0.29, 0.717) is 11.7 Å². The van der Waals surface area contributed by atoms with Crippen molar-refractivity contribution in [3.8, 4) is 0 Å². The summed E-state index contributed by atoms with van der Waals surface area (Å²) in [6.07, 6.45) is 7.04. The van der Waals surface area contributed by atoms with E-state index < -0.39 is 0 Å². The van der Waals surface area contributed by atoms with Crippen LogP contribution in [-0.4, -0.2) is 52.3 Å². The van der Waals surface area contributed by atoms with Crippen molar-refractivity contribution in [3.63, 3.8) is 0 Å². The number of thioether (sulfide) groups is 1. The number of hydrogen-bond donors (Lipinski definition) is 0. The van der Waals surface area contributed by atoms with Crippen molar-refractivity contribution < 1.29 is 14.1 Å². The molecule has 2 saturated heterocycles. The average molecular weight is 294 g/mol. The van der Waals surface area contributed by atoms with Gasteiger partial charge in [-0.3, -0.25) is 4.79 Å². The number of hydrogen-bond acceptors (Lipinski definition) is 5. The third-order valence-corrected chi connectivity index (χ3v) is 5.94. The van der Waals surface area contributed by atoms with E-state index in [1.807, 2.05) is 16.7 Å². The van der Waals surface area contributed by atoms with Crippen molar-refractivity contribution in [1.29, 1.82) is 0 Å². The van der Waals surface area contributed by atoms with Gasteiger partial charge >= 0.3 is 0 Å². The molecule has 0 aromatic carbocycles. The molecule has 2 aliphatic heterocycles.